The molecule has 0 aromatic rings. The van der Waals surface area contributed by atoms with Crippen LogP contribution in [0.15, 0.2) is 0 Å². The first-order valence-corrected chi connectivity index (χ1v) is 12.2. The third-order valence-corrected chi connectivity index (χ3v) is 8.99. The topological polar surface area (TPSA) is 124 Å². The van der Waals surface area contributed by atoms with Gasteiger partial charge in [0, 0.05) is 39.9 Å². The van der Waals surface area contributed by atoms with E-state index in [9.17, 15) is 19.2 Å². The van der Waals surface area contributed by atoms with Gasteiger partial charge in [0.25, 0.3) is 0 Å². The molecule has 0 aromatic heterocycles. The number of carbonyl (C=O) groups excluding carboxylic acids is 4. The standard InChI is InChI=1S/C25H36O10/c1-12(26)33-16-10-15(21(28)31-5)24(2)8-7-14-22(29)34-17(11-25(14,3)20(24)19(16)27)13-9-18(30-4)35-23(13)32-6/h13-18,20,23H,7-11H2,1-6H3/t13?,14-,15-,16-,17-,18?,20-,23?,24-,25-/m0/s1. The molecule has 0 spiro atoms. The van der Waals surface area contributed by atoms with Crippen LogP contribution in [0.4, 0.5) is 0 Å². The van der Waals surface area contributed by atoms with E-state index < -0.39 is 65.3 Å². The van der Waals surface area contributed by atoms with E-state index in [1.165, 1.54) is 21.1 Å². The number of rotatable bonds is 5. The lowest BCUT2D eigenvalue weighted by Gasteiger charge is -2.61. The number of esters is 3. The second-order valence-electron chi connectivity index (χ2n) is 10.8. The molecule has 10 heteroatoms. The molecule has 10 nitrogen and oxygen atoms in total. The maximum atomic E-state index is 13.9. The lowest BCUT2D eigenvalue weighted by Crippen LogP contribution is -2.66. The van der Waals surface area contributed by atoms with E-state index in [2.05, 4.69) is 0 Å². The summed E-state index contributed by atoms with van der Waals surface area (Å²) >= 11 is 0. The normalized spacial score (nSPS) is 45.2. The Kier molecular flexibility index (Phi) is 7.02. The van der Waals surface area contributed by atoms with E-state index in [1.807, 2.05) is 13.8 Å². The summed E-state index contributed by atoms with van der Waals surface area (Å²) in [6.07, 6.45) is -0.824. The van der Waals surface area contributed by atoms with Crippen LogP contribution in [0.3, 0.4) is 0 Å². The van der Waals surface area contributed by atoms with Crippen LogP contribution >= 0.6 is 0 Å². The molecule has 3 unspecified atom stereocenters. The number of ether oxygens (including phenoxy) is 6. The minimum atomic E-state index is -1.07. The van der Waals surface area contributed by atoms with E-state index in [0.29, 0.717) is 25.7 Å². The number of hydrogen-bond acceptors (Lipinski definition) is 10. The van der Waals surface area contributed by atoms with Crippen LogP contribution in [0.1, 0.15) is 52.9 Å². The number of hydrogen-bond donors (Lipinski definition) is 0. The van der Waals surface area contributed by atoms with Gasteiger partial charge in [-0.05, 0) is 30.1 Å². The summed E-state index contributed by atoms with van der Waals surface area (Å²) in [6, 6.07) is 0. The van der Waals surface area contributed by atoms with Gasteiger partial charge in [-0.3, -0.25) is 19.2 Å². The highest BCUT2D eigenvalue weighted by atomic mass is 16.8. The molecule has 0 amide bonds. The third-order valence-electron chi connectivity index (χ3n) is 8.99. The lowest BCUT2D eigenvalue weighted by atomic mass is 9.43. The second kappa shape index (κ2) is 9.44. The molecule has 2 saturated heterocycles. The van der Waals surface area contributed by atoms with Crippen molar-refractivity contribution in [3.63, 3.8) is 0 Å². The zero-order chi connectivity index (χ0) is 25.7. The zero-order valence-electron chi connectivity index (χ0n) is 21.2. The molecular formula is C25H36O10. The molecule has 10 atom stereocenters. The van der Waals surface area contributed by atoms with Gasteiger partial charge in [0.05, 0.1) is 24.9 Å². The summed E-state index contributed by atoms with van der Waals surface area (Å²) in [6.45, 7) is 5.10. The van der Waals surface area contributed by atoms with E-state index >= 15 is 0 Å². The largest absolute Gasteiger partial charge is 0.469 e. The monoisotopic (exact) mass is 496 g/mol. The van der Waals surface area contributed by atoms with Crippen LogP contribution in [-0.4, -0.2) is 69.8 Å². The Hall–Kier alpha value is -2.04. The second-order valence-corrected chi connectivity index (χ2v) is 10.8. The number of Topliss-reactive ketones (excluding diaryl/α,β-unsaturated/α-hetero) is 1. The van der Waals surface area contributed by atoms with Crippen molar-refractivity contribution < 1.29 is 47.6 Å². The smallest absolute Gasteiger partial charge is 0.309 e. The van der Waals surface area contributed by atoms with Crippen LogP contribution in [-0.2, 0) is 47.6 Å². The number of ketones is 1. The third kappa shape index (κ3) is 4.17. The van der Waals surface area contributed by atoms with Crippen molar-refractivity contribution in [3.05, 3.63) is 0 Å². The van der Waals surface area contributed by atoms with Crippen molar-refractivity contribution in [1.29, 1.82) is 0 Å². The van der Waals surface area contributed by atoms with Gasteiger partial charge >= 0.3 is 17.9 Å². The summed E-state index contributed by atoms with van der Waals surface area (Å²) < 4.78 is 33.1. The highest BCUT2D eigenvalue weighted by molar-refractivity contribution is 5.93. The first-order chi connectivity index (χ1) is 16.5. The van der Waals surface area contributed by atoms with E-state index in [-0.39, 0.29) is 24.1 Å². The Balaban J connectivity index is 1.74. The molecule has 196 valence electrons. The van der Waals surface area contributed by atoms with Gasteiger partial charge < -0.3 is 28.4 Å². The average molecular weight is 497 g/mol. The van der Waals surface area contributed by atoms with Crippen molar-refractivity contribution in [2.24, 2.45) is 34.5 Å². The molecule has 2 heterocycles. The Labute approximate surface area is 205 Å². The first kappa shape index (κ1) is 26.0. The summed E-state index contributed by atoms with van der Waals surface area (Å²) in [4.78, 5) is 52.0. The van der Waals surface area contributed by atoms with Crippen molar-refractivity contribution in [2.45, 2.75) is 77.7 Å². The van der Waals surface area contributed by atoms with Gasteiger partial charge in [-0.15, -0.1) is 0 Å². The van der Waals surface area contributed by atoms with E-state index in [0.717, 1.165) is 0 Å². The van der Waals surface area contributed by atoms with Crippen molar-refractivity contribution in [3.8, 4) is 0 Å². The molecule has 4 rings (SSSR count). The van der Waals surface area contributed by atoms with Gasteiger partial charge in [0.2, 0.25) is 0 Å². The molecule has 0 N–H and O–H groups in total. The molecule has 2 saturated carbocycles. The highest BCUT2D eigenvalue weighted by Crippen LogP contribution is 2.64. The molecule has 0 radical (unpaired) electrons. The Morgan fingerprint density at radius 2 is 1.74 bits per heavy atom. The first-order valence-electron chi connectivity index (χ1n) is 12.2. The van der Waals surface area contributed by atoms with Crippen LogP contribution in [0.25, 0.3) is 0 Å². The van der Waals surface area contributed by atoms with Gasteiger partial charge in [0.15, 0.2) is 24.5 Å². The number of cyclic esters (lactones) is 1. The molecule has 2 aliphatic carbocycles. The average Bonchev–Trinajstić information content (AvgIpc) is 3.23. The van der Waals surface area contributed by atoms with Gasteiger partial charge in [0.1, 0.15) is 6.10 Å². The quantitative estimate of drug-likeness (QED) is 0.412. The molecule has 2 aliphatic heterocycles. The maximum Gasteiger partial charge on any atom is 0.309 e. The lowest BCUT2D eigenvalue weighted by molar-refractivity contribution is -0.224. The van der Waals surface area contributed by atoms with Crippen molar-refractivity contribution in [1.82, 2.24) is 0 Å². The van der Waals surface area contributed by atoms with Gasteiger partial charge in [-0.2, -0.15) is 0 Å². The minimum absolute atomic E-state index is 0.0739. The summed E-state index contributed by atoms with van der Waals surface area (Å²) in [7, 11) is 4.38. The van der Waals surface area contributed by atoms with Crippen LogP contribution < -0.4 is 0 Å². The predicted octanol–water partition coefficient (Wildman–Crippen LogP) is 2.02. The molecule has 35 heavy (non-hydrogen) atoms. The molecule has 0 aromatic carbocycles. The molecule has 4 aliphatic rings. The highest BCUT2D eigenvalue weighted by Gasteiger charge is 2.68. The molecule has 0 bridgehead atoms. The SMILES string of the molecule is COC(=O)[C@@H]1C[C@H](OC(C)=O)C(=O)[C@H]2[C@@]1(C)CC[C@H]1C(=O)O[C@H](C3CC(OC)OC3OC)C[C@]21C. The Morgan fingerprint density at radius 1 is 1.03 bits per heavy atom. The van der Waals surface area contributed by atoms with Crippen molar-refractivity contribution >= 4 is 23.7 Å². The molecule has 4 fully saturated rings. The van der Waals surface area contributed by atoms with Crippen molar-refractivity contribution in [2.75, 3.05) is 21.3 Å². The van der Waals surface area contributed by atoms with Crippen LogP contribution in [0, 0.1) is 34.5 Å². The minimum Gasteiger partial charge on any atom is -0.469 e. The fraction of sp³-hybridized carbons (Fsp3) is 0.840. The fourth-order valence-corrected chi connectivity index (χ4v) is 7.45. The zero-order valence-corrected chi connectivity index (χ0v) is 21.2. The number of fused-ring (bicyclic) bond motifs is 3. The van der Waals surface area contributed by atoms with Crippen LogP contribution in [0.2, 0.25) is 0 Å². The van der Waals surface area contributed by atoms with Gasteiger partial charge in [-0.1, -0.05) is 13.8 Å². The predicted molar refractivity (Wildman–Crippen MR) is 118 cm³/mol. The summed E-state index contributed by atoms with van der Waals surface area (Å²) in [5.74, 6) is -3.78. The van der Waals surface area contributed by atoms with Crippen LogP contribution in [0.5, 0.6) is 0 Å². The number of carbonyl (C=O) groups is 4. The van der Waals surface area contributed by atoms with E-state index in [4.69, 9.17) is 28.4 Å². The summed E-state index contributed by atoms with van der Waals surface area (Å²) in [5.41, 5.74) is -1.57. The van der Waals surface area contributed by atoms with E-state index in [1.54, 1.807) is 7.11 Å². The number of methoxy groups -OCH3 is 3. The fourth-order valence-electron chi connectivity index (χ4n) is 7.45. The summed E-state index contributed by atoms with van der Waals surface area (Å²) in [5, 5.41) is 0. The Bertz CT molecular complexity index is 887. The molecular weight excluding hydrogens is 460 g/mol. The Morgan fingerprint density at radius 3 is 2.34 bits per heavy atom. The maximum absolute atomic E-state index is 13.9. The van der Waals surface area contributed by atoms with Gasteiger partial charge in [-0.25, -0.2) is 0 Å².